The molecule has 86 valence electrons. The van der Waals surface area contributed by atoms with E-state index in [1.165, 1.54) is 0 Å². The number of ether oxygens (including phenoxy) is 3. The zero-order valence-corrected chi connectivity index (χ0v) is 9.19. The number of carbonyl (C=O) groups is 1. The molecule has 0 fully saturated rings. The quantitative estimate of drug-likeness (QED) is 0.564. The van der Waals surface area contributed by atoms with Gasteiger partial charge in [0.25, 0.3) is 0 Å². The lowest BCUT2D eigenvalue weighted by Gasteiger charge is -2.03. The Balaban J connectivity index is 2.01. The Morgan fingerprint density at radius 2 is 2.19 bits per heavy atom. The summed E-state index contributed by atoms with van der Waals surface area (Å²) in [5, 5.41) is 0. The first kappa shape index (κ1) is 11.0. The van der Waals surface area contributed by atoms with Gasteiger partial charge in [-0.2, -0.15) is 0 Å². The van der Waals surface area contributed by atoms with Crippen LogP contribution in [0.5, 0.6) is 11.5 Å². The van der Waals surface area contributed by atoms with Crippen molar-refractivity contribution in [3.63, 3.8) is 0 Å². The maximum absolute atomic E-state index is 11.7. The van der Waals surface area contributed by atoms with Crippen LogP contribution in [0.3, 0.4) is 0 Å². The number of hydrogen-bond acceptors (Lipinski definition) is 4. The lowest BCUT2D eigenvalue weighted by atomic mass is 10.1. The van der Waals surface area contributed by atoms with Crippen LogP contribution in [0.4, 0.5) is 0 Å². The van der Waals surface area contributed by atoms with Crippen molar-refractivity contribution < 1.29 is 19.0 Å². The summed E-state index contributed by atoms with van der Waals surface area (Å²) >= 11 is 0. The Morgan fingerprint density at radius 3 is 3.00 bits per heavy atom. The summed E-state index contributed by atoms with van der Waals surface area (Å²) < 4.78 is 15.6. The van der Waals surface area contributed by atoms with Crippen molar-refractivity contribution in [1.82, 2.24) is 0 Å². The zero-order chi connectivity index (χ0) is 11.4. The highest BCUT2D eigenvalue weighted by Crippen LogP contribution is 2.32. The predicted molar refractivity (Wildman–Crippen MR) is 58.0 cm³/mol. The van der Waals surface area contributed by atoms with E-state index in [0.29, 0.717) is 23.7 Å². The number of rotatable bonds is 5. The summed E-state index contributed by atoms with van der Waals surface area (Å²) in [4.78, 5) is 11.7. The van der Waals surface area contributed by atoms with Crippen molar-refractivity contribution >= 4 is 5.78 Å². The van der Waals surface area contributed by atoms with Gasteiger partial charge in [0.1, 0.15) is 6.61 Å². The largest absolute Gasteiger partial charge is 0.454 e. The molecule has 1 aliphatic rings. The molecule has 16 heavy (non-hydrogen) atoms. The summed E-state index contributed by atoms with van der Waals surface area (Å²) in [6, 6.07) is 5.17. The van der Waals surface area contributed by atoms with Crippen LogP contribution in [0.15, 0.2) is 18.2 Å². The third-order valence-corrected chi connectivity index (χ3v) is 2.28. The Hall–Kier alpha value is -1.55. The number of benzene rings is 1. The third-order valence-electron chi connectivity index (χ3n) is 2.28. The van der Waals surface area contributed by atoms with Crippen molar-refractivity contribution in [2.24, 2.45) is 0 Å². The molecule has 0 aliphatic carbocycles. The first-order valence-electron chi connectivity index (χ1n) is 5.32. The topological polar surface area (TPSA) is 44.8 Å². The van der Waals surface area contributed by atoms with Gasteiger partial charge >= 0.3 is 0 Å². The van der Waals surface area contributed by atoms with Crippen molar-refractivity contribution in [2.75, 3.05) is 20.0 Å². The number of Topliss-reactive ketones (excluding diaryl/α,β-unsaturated/α-hetero) is 1. The number of carbonyl (C=O) groups excluding carboxylic acids is 1. The van der Waals surface area contributed by atoms with E-state index in [1.807, 2.05) is 6.92 Å². The molecule has 0 aromatic heterocycles. The fourth-order valence-electron chi connectivity index (χ4n) is 1.46. The van der Waals surface area contributed by atoms with Crippen molar-refractivity contribution in [3.05, 3.63) is 23.8 Å². The van der Waals surface area contributed by atoms with Crippen LogP contribution in [0.1, 0.15) is 23.7 Å². The molecule has 1 aromatic rings. The molecule has 2 rings (SSSR count). The second-order valence-electron chi connectivity index (χ2n) is 3.54. The minimum atomic E-state index is -0.0354. The smallest absolute Gasteiger partial charge is 0.231 e. The SMILES string of the molecule is CCCOCC(=O)c1ccc2c(c1)OCO2. The van der Waals surface area contributed by atoms with Crippen molar-refractivity contribution in [3.8, 4) is 11.5 Å². The molecular formula is C12H14O4. The van der Waals surface area contributed by atoms with Gasteiger partial charge < -0.3 is 14.2 Å². The van der Waals surface area contributed by atoms with Gasteiger partial charge in [-0.1, -0.05) is 6.92 Å². The summed E-state index contributed by atoms with van der Waals surface area (Å²) in [5.74, 6) is 1.28. The monoisotopic (exact) mass is 222 g/mol. The first-order valence-corrected chi connectivity index (χ1v) is 5.32. The van der Waals surface area contributed by atoms with Gasteiger partial charge in [-0.15, -0.1) is 0 Å². The second kappa shape index (κ2) is 4.99. The van der Waals surface area contributed by atoms with Crippen LogP contribution in [0, 0.1) is 0 Å². The molecular weight excluding hydrogens is 208 g/mol. The van der Waals surface area contributed by atoms with E-state index in [4.69, 9.17) is 14.2 Å². The lowest BCUT2D eigenvalue weighted by molar-refractivity contribution is 0.0761. The molecule has 0 saturated heterocycles. The van der Waals surface area contributed by atoms with Crippen LogP contribution in [-0.4, -0.2) is 25.8 Å². The van der Waals surface area contributed by atoms with E-state index in [9.17, 15) is 4.79 Å². The Kier molecular flexibility index (Phi) is 3.41. The summed E-state index contributed by atoms with van der Waals surface area (Å²) in [7, 11) is 0. The van der Waals surface area contributed by atoms with Crippen LogP contribution in [0.2, 0.25) is 0 Å². The molecule has 0 radical (unpaired) electrons. The molecule has 0 spiro atoms. The van der Waals surface area contributed by atoms with Gasteiger partial charge in [0, 0.05) is 12.2 Å². The van der Waals surface area contributed by atoms with Gasteiger partial charge in [0.05, 0.1) is 0 Å². The molecule has 0 bridgehead atoms. The van der Waals surface area contributed by atoms with Gasteiger partial charge in [-0.25, -0.2) is 0 Å². The lowest BCUT2D eigenvalue weighted by Crippen LogP contribution is -2.09. The zero-order valence-electron chi connectivity index (χ0n) is 9.19. The highest BCUT2D eigenvalue weighted by atomic mass is 16.7. The van der Waals surface area contributed by atoms with E-state index < -0.39 is 0 Å². The maximum atomic E-state index is 11.7. The normalized spacial score (nSPS) is 12.8. The van der Waals surface area contributed by atoms with Crippen LogP contribution < -0.4 is 9.47 Å². The minimum Gasteiger partial charge on any atom is -0.454 e. The summed E-state index contributed by atoms with van der Waals surface area (Å²) in [6.07, 6.45) is 0.911. The van der Waals surface area contributed by atoms with Crippen molar-refractivity contribution in [2.45, 2.75) is 13.3 Å². The minimum absolute atomic E-state index is 0.0354. The number of hydrogen-bond donors (Lipinski definition) is 0. The van der Waals surface area contributed by atoms with Crippen molar-refractivity contribution in [1.29, 1.82) is 0 Å². The average Bonchev–Trinajstić information content (AvgIpc) is 2.76. The first-order chi connectivity index (χ1) is 7.81. The maximum Gasteiger partial charge on any atom is 0.231 e. The molecule has 4 heteroatoms. The van der Waals surface area contributed by atoms with E-state index in [2.05, 4.69) is 0 Å². The Labute approximate surface area is 94.1 Å². The standard InChI is InChI=1S/C12H14O4/c1-2-5-14-7-10(13)9-3-4-11-12(6-9)16-8-15-11/h3-4,6H,2,5,7-8H2,1H3. The molecule has 0 atom stereocenters. The molecule has 0 amide bonds. The number of ketones is 1. The Bertz CT molecular complexity index is 387. The van der Waals surface area contributed by atoms with Gasteiger partial charge in [-0.05, 0) is 24.6 Å². The fraction of sp³-hybridized carbons (Fsp3) is 0.417. The van der Waals surface area contributed by atoms with E-state index in [1.54, 1.807) is 18.2 Å². The van der Waals surface area contributed by atoms with Gasteiger partial charge in [-0.3, -0.25) is 4.79 Å². The highest BCUT2D eigenvalue weighted by molar-refractivity contribution is 5.97. The van der Waals surface area contributed by atoms with E-state index in [-0.39, 0.29) is 19.2 Å². The average molecular weight is 222 g/mol. The fourth-order valence-corrected chi connectivity index (χ4v) is 1.46. The molecule has 1 aliphatic heterocycles. The second-order valence-corrected chi connectivity index (χ2v) is 3.54. The predicted octanol–water partition coefficient (Wildman–Crippen LogP) is 2.02. The molecule has 4 nitrogen and oxygen atoms in total. The molecule has 0 saturated carbocycles. The molecule has 1 heterocycles. The van der Waals surface area contributed by atoms with Gasteiger partial charge in [0.15, 0.2) is 17.3 Å². The van der Waals surface area contributed by atoms with Gasteiger partial charge in [0.2, 0.25) is 6.79 Å². The molecule has 0 N–H and O–H groups in total. The Morgan fingerprint density at radius 1 is 1.38 bits per heavy atom. The van der Waals surface area contributed by atoms with Crippen LogP contribution >= 0.6 is 0 Å². The van der Waals surface area contributed by atoms with Crippen LogP contribution in [0.25, 0.3) is 0 Å². The van der Waals surface area contributed by atoms with Crippen LogP contribution in [-0.2, 0) is 4.74 Å². The summed E-state index contributed by atoms with van der Waals surface area (Å²) in [5.41, 5.74) is 0.598. The van der Waals surface area contributed by atoms with E-state index in [0.717, 1.165) is 6.42 Å². The molecule has 0 unspecified atom stereocenters. The van der Waals surface area contributed by atoms with E-state index >= 15 is 0 Å². The third kappa shape index (κ3) is 2.33. The molecule has 1 aromatic carbocycles. The number of fused-ring (bicyclic) bond motifs is 1. The summed E-state index contributed by atoms with van der Waals surface area (Å²) in [6.45, 7) is 2.95. The highest BCUT2D eigenvalue weighted by Gasteiger charge is 2.15.